The molecule has 130 valence electrons. The zero-order valence-corrected chi connectivity index (χ0v) is 13.2. The van der Waals surface area contributed by atoms with Crippen molar-refractivity contribution in [2.24, 2.45) is 5.16 Å². The summed E-state index contributed by atoms with van der Waals surface area (Å²) in [6, 6.07) is 3.21. The number of esters is 1. The zero-order valence-electron chi connectivity index (χ0n) is 13.2. The van der Waals surface area contributed by atoms with Crippen LogP contribution in [0.3, 0.4) is 0 Å². The van der Waals surface area contributed by atoms with Crippen molar-refractivity contribution in [1.29, 1.82) is 0 Å². The molecule has 8 heteroatoms. The topological polar surface area (TPSA) is 77.0 Å². The van der Waals surface area contributed by atoms with Gasteiger partial charge in [-0.15, -0.1) is 0 Å². The van der Waals surface area contributed by atoms with Crippen LogP contribution in [0.4, 0.5) is 8.78 Å². The summed E-state index contributed by atoms with van der Waals surface area (Å²) in [4.78, 5) is 27.8. The first-order valence-corrected chi connectivity index (χ1v) is 7.51. The molecular weight excluding hydrogens is 322 g/mol. The van der Waals surface area contributed by atoms with E-state index in [1.54, 1.807) is 0 Å². The van der Waals surface area contributed by atoms with Gasteiger partial charge in [0.1, 0.15) is 17.7 Å². The van der Waals surface area contributed by atoms with Crippen molar-refractivity contribution >= 4 is 17.6 Å². The van der Waals surface area contributed by atoms with Crippen molar-refractivity contribution in [1.82, 2.24) is 5.32 Å². The third-order valence-corrected chi connectivity index (χ3v) is 3.50. The Bertz CT molecular complexity index is 649. The van der Waals surface area contributed by atoms with Crippen molar-refractivity contribution in [3.63, 3.8) is 0 Å². The van der Waals surface area contributed by atoms with Crippen LogP contribution in [0.1, 0.15) is 31.2 Å². The smallest absolute Gasteiger partial charge is 0.305 e. The Labute approximate surface area is 137 Å². The lowest BCUT2D eigenvalue weighted by molar-refractivity contribution is -0.140. The van der Waals surface area contributed by atoms with Crippen LogP contribution in [-0.4, -0.2) is 37.3 Å². The summed E-state index contributed by atoms with van der Waals surface area (Å²) in [5.74, 6) is -1.97. The number of carbonyl (C=O) groups is 2. The van der Waals surface area contributed by atoms with Crippen LogP contribution in [0, 0.1) is 11.6 Å². The molecule has 1 aliphatic rings. The van der Waals surface area contributed by atoms with Crippen LogP contribution >= 0.6 is 0 Å². The minimum Gasteiger partial charge on any atom is -0.469 e. The molecule has 6 nitrogen and oxygen atoms in total. The molecule has 1 aliphatic heterocycles. The standard InChI is InChI=1S/C16H18F2N2O4/c1-23-16(22)3-2-6-19-15(21)9-11-8-14(20-24-11)12-5-4-10(17)7-13(12)18/h4-5,7,11H,2-3,6,8-9H2,1H3,(H,19,21). The van der Waals surface area contributed by atoms with Crippen LogP contribution in [0.5, 0.6) is 0 Å². The van der Waals surface area contributed by atoms with Crippen molar-refractivity contribution in [2.45, 2.75) is 31.8 Å². The number of methoxy groups -OCH3 is 1. The van der Waals surface area contributed by atoms with Gasteiger partial charge >= 0.3 is 5.97 Å². The highest BCUT2D eigenvalue weighted by atomic mass is 19.1. The van der Waals surface area contributed by atoms with E-state index in [4.69, 9.17) is 4.84 Å². The summed E-state index contributed by atoms with van der Waals surface area (Å²) in [7, 11) is 1.31. The van der Waals surface area contributed by atoms with Crippen molar-refractivity contribution in [3.8, 4) is 0 Å². The fourth-order valence-electron chi connectivity index (χ4n) is 2.26. The van der Waals surface area contributed by atoms with Gasteiger partial charge in [0.15, 0.2) is 0 Å². The third-order valence-electron chi connectivity index (χ3n) is 3.50. The van der Waals surface area contributed by atoms with Gasteiger partial charge in [0.05, 0.1) is 19.2 Å². The van der Waals surface area contributed by atoms with Gasteiger partial charge in [-0.05, 0) is 18.6 Å². The Morgan fingerprint density at radius 3 is 2.92 bits per heavy atom. The molecule has 24 heavy (non-hydrogen) atoms. The number of amides is 1. The molecule has 1 atom stereocenters. The maximum atomic E-state index is 13.7. The second-order valence-electron chi connectivity index (χ2n) is 5.33. The molecule has 0 radical (unpaired) electrons. The summed E-state index contributed by atoms with van der Waals surface area (Å²) < 4.78 is 31.1. The van der Waals surface area contributed by atoms with E-state index in [-0.39, 0.29) is 36.7 Å². The predicted octanol–water partition coefficient (Wildman–Crippen LogP) is 1.92. The van der Waals surface area contributed by atoms with Crippen LogP contribution < -0.4 is 5.32 Å². The second kappa shape index (κ2) is 8.37. The van der Waals surface area contributed by atoms with E-state index in [0.29, 0.717) is 18.7 Å². The molecule has 0 saturated heterocycles. The molecule has 1 aromatic carbocycles. The average molecular weight is 340 g/mol. The minimum atomic E-state index is -0.717. The average Bonchev–Trinajstić information content (AvgIpc) is 2.99. The number of hydrogen-bond acceptors (Lipinski definition) is 5. The minimum absolute atomic E-state index is 0.0635. The lowest BCUT2D eigenvalue weighted by atomic mass is 10.0. The first-order valence-electron chi connectivity index (χ1n) is 7.51. The first-order chi connectivity index (χ1) is 11.5. The summed E-state index contributed by atoms with van der Waals surface area (Å²) in [5, 5.41) is 6.44. The lowest BCUT2D eigenvalue weighted by Gasteiger charge is -2.09. The predicted molar refractivity (Wildman–Crippen MR) is 81.3 cm³/mol. The van der Waals surface area contributed by atoms with Crippen LogP contribution in [0.25, 0.3) is 0 Å². The quantitative estimate of drug-likeness (QED) is 0.608. The largest absolute Gasteiger partial charge is 0.469 e. The van der Waals surface area contributed by atoms with Gasteiger partial charge in [-0.1, -0.05) is 5.16 Å². The van der Waals surface area contributed by atoms with E-state index in [2.05, 4.69) is 15.2 Å². The number of nitrogens with zero attached hydrogens (tertiary/aromatic N) is 1. The molecule has 0 bridgehead atoms. The van der Waals surface area contributed by atoms with Crippen molar-refractivity contribution in [2.75, 3.05) is 13.7 Å². The number of carbonyl (C=O) groups excluding carboxylic acids is 2. The van der Waals surface area contributed by atoms with Gasteiger partial charge in [0.25, 0.3) is 0 Å². The number of rotatable bonds is 7. The molecule has 0 spiro atoms. The maximum Gasteiger partial charge on any atom is 0.305 e. The van der Waals surface area contributed by atoms with E-state index < -0.39 is 17.7 Å². The zero-order chi connectivity index (χ0) is 17.5. The molecule has 2 rings (SSSR count). The van der Waals surface area contributed by atoms with Gasteiger partial charge in [-0.3, -0.25) is 9.59 Å². The fourth-order valence-corrected chi connectivity index (χ4v) is 2.26. The first kappa shape index (κ1) is 17.8. The van der Waals surface area contributed by atoms with Gasteiger partial charge < -0.3 is 14.9 Å². The second-order valence-corrected chi connectivity index (χ2v) is 5.33. The van der Waals surface area contributed by atoms with Gasteiger partial charge in [-0.2, -0.15) is 0 Å². The molecule has 1 heterocycles. The Morgan fingerprint density at radius 2 is 2.21 bits per heavy atom. The molecule has 0 aliphatic carbocycles. The molecule has 0 saturated carbocycles. The summed E-state index contributed by atoms with van der Waals surface area (Å²) in [5.41, 5.74) is 0.508. The number of benzene rings is 1. The Hall–Kier alpha value is -2.51. The molecular formula is C16H18F2N2O4. The molecule has 1 unspecified atom stereocenters. The van der Waals surface area contributed by atoms with Crippen LogP contribution in [0.15, 0.2) is 23.4 Å². The van der Waals surface area contributed by atoms with E-state index in [1.165, 1.54) is 13.2 Å². The van der Waals surface area contributed by atoms with Gasteiger partial charge in [0, 0.05) is 31.0 Å². The molecule has 1 aromatic rings. The van der Waals surface area contributed by atoms with E-state index in [1.807, 2.05) is 0 Å². The molecule has 0 aromatic heterocycles. The van der Waals surface area contributed by atoms with E-state index >= 15 is 0 Å². The number of hydrogen-bond donors (Lipinski definition) is 1. The maximum absolute atomic E-state index is 13.7. The van der Waals surface area contributed by atoms with E-state index in [9.17, 15) is 18.4 Å². The summed E-state index contributed by atoms with van der Waals surface area (Å²) >= 11 is 0. The number of oxime groups is 1. The van der Waals surface area contributed by atoms with Gasteiger partial charge in [-0.25, -0.2) is 8.78 Å². The lowest BCUT2D eigenvalue weighted by Crippen LogP contribution is -2.28. The fraction of sp³-hybridized carbons (Fsp3) is 0.438. The SMILES string of the molecule is COC(=O)CCCNC(=O)CC1CC(c2ccc(F)cc2F)=NO1. The number of ether oxygens (including phenoxy) is 1. The number of nitrogens with one attached hydrogen (secondary N) is 1. The third kappa shape index (κ3) is 5.00. The van der Waals surface area contributed by atoms with Gasteiger partial charge in [0.2, 0.25) is 5.91 Å². The van der Waals surface area contributed by atoms with Crippen molar-refractivity contribution < 1.29 is 27.9 Å². The summed E-state index contributed by atoms with van der Waals surface area (Å²) in [6.07, 6.45) is 0.539. The van der Waals surface area contributed by atoms with Crippen LogP contribution in [-0.2, 0) is 19.2 Å². The summed E-state index contributed by atoms with van der Waals surface area (Å²) in [6.45, 7) is 0.348. The number of halogens is 2. The Kier molecular flexibility index (Phi) is 6.22. The van der Waals surface area contributed by atoms with Crippen molar-refractivity contribution in [3.05, 3.63) is 35.4 Å². The van der Waals surface area contributed by atoms with Crippen LogP contribution in [0.2, 0.25) is 0 Å². The highest BCUT2D eigenvalue weighted by Crippen LogP contribution is 2.21. The highest BCUT2D eigenvalue weighted by Gasteiger charge is 2.26. The Balaban J connectivity index is 1.74. The normalized spacial score (nSPS) is 16.3. The molecule has 1 N–H and O–H groups in total. The van der Waals surface area contributed by atoms with E-state index in [0.717, 1.165) is 12.1 Å². The monoisotopic (exact) mass is 340 g/mol. The molecule has 1 amide bonds. The molecule has 0 fully saturated rings. The highest BCUT2D eigenvalue weighted by molar-refractivity contribution is 6.01. The Morgan fingerprint density at radius 1 is 1.42 bits per heavy atom.